The van der Waals surface area contributed by atoms with Gasteiger partial charge in [0.25, 0.3) is 0 Å². The minimum absolute atomic E-state index is 1.48. The molecule has 22 unspecified atom stereocenters. The predicted octanol–water partition coefficient (Wildman–Crippen LogP) is -15.5. The van der Waals surface area contributed by atoms with Crippen LogP contribution in [0.1, 0.15) is 0 Å². The lowest BCUT2D eigenvalue weighted by Crippen LogP contribution is -2.97. The molecule has 4 saturated heterocycles. The molecule has 4 fully saturated rings. The van der Waals surface area contributed by atoms with Crippen molar-refractivity contribution in [1.82, 2.24) is 0 Å². The van der Waals surface area contributed by atoms with Gasteiger partial charge in [0, 0.05) is 0 Å². The van der Waals surface area contributed by atoms with E-state index in [0.717, 1.165) is 0 Å². The molecule has 4 heterocycles. The molecule has 0 aromatic rings. The summed E-state index contributed by atoms with van der Waals surface area (Å²) in [5.74, 6) is -19.2. The highest BCUT2D eigenvalue weighted by Crippen LogP contribution is 2.59. The summed E-state index contributed by atoms with van der Waals surface area (Å²) in [6.07, 6.45) is -50.5. The molecule has 0 radical (unpaired) electrons. The van der Waals surface area contributed by atoms with Gasteiger partial charge >= 0.3 is 0 Å². The van der Waals surface area contributed by atoms with E-state index in [2.05, 4.69) is 0 Å². The molecule has 54 heavy (non-hydrogen) atoms. The van der Waals surface area contributed by atoms with Crippen molar-refractivity contribution in [2.45, 2.75) is 138 Å². The molecule has 0 spiro atoms. The van der Waals surface area contributed by atoms with Crippen molar-refractivity contribution in [2.24, 2.45) is 0 Å². The molecule has 318 valence electrons. The second-order valence-electron chi connectivity index (χ2n) is 13.8. The normalized spacial score (nSPS) is 54.7. The maximum absolute atomic E-state index is 13.0. The van der Waals surface area contributed by atoms with E-state index in [0.29, 0.717) is 0 Å². The Morgan fingerprint density at radius 1 is 0.407 bits per heavy atom. The molecule has 0 aromatic heterocycles. The maximum Gasteiger partial charge on any atom is 0.233 e. The maximum atomic E-state index is 13.0. The molecular weight excluding hydrogens is 756 g/mol. The SMILES string of the molecule is OCC1OC(O)(C(O)C(O)(C2(O)OC(CO)C(O)C(O)C2O)C(O)(C2(O)OC(CO)C(O)C(O)C2O)C2(O)OC(CO)C(O)C(O)C2O)C(O)C(O)C1O. The number of ether oxygens (including phenoxy) is 4. The monoisotopic (exact) mass is 804 g/mol. The summed E-state index contributed by atoms with van der Waals surface area (Å²) in [5, 5.41) is 255. The summed E-state index contributed by atoms with van der Waals surface area (Å²) in [4.78, 5) is 0. The van der Waals surface area contributed by atoms with Crippen LogP contribution in [-0.2, 0) is 18.9 Å². The first kappa shape index (κ1) is 45.6. The molecule has 23 N–H and O–H groups in total. The average Bonchev–Trinajstić information content (AvgIpc) is 3.15. The van der Waals surface area contributed by atoms with E-state index >= 15 is 0 Å². The van der Waals surface area contributed by atoms with Crippen molar-refractivity contribution in [1.29, 1.82) is 0 Å². The van der Waals surface area contributed by atoms with Gasteiger partial charge in [-0.25, -0.2) is 0 Å². The molecule has 27 nitrogen and oxygen atoms in total. The van der Waals surface area contributed by atoms with E-state index in [1.54, 1.807) is 0 Å². The van der Waals surface area contributed by atoms with Crippen LogP contribution in [-0.4, -0.2) is 282 Å². The summed E-state index contributed by atoms with van der Waals surface area (Å²) < 4.78 is 20.0. The van der Waals surface area contributed by atoms with Gasteiger partial charge < -0.3 is 136 Å². The fraction of sp³-hybridized carbons (Fsp3) is 1.00. The Kier molecular flexibility index (Phi) is 12.9. The molecule has 0 aliphatic carbocycles. The van der Waals surface area contributed by atoms with Crippen molar-refractivity contribution >= 4 is 0 Å². The Morgan fingerprint density at radius 3 is 0.981 bits per heavy atom. The average molecular weight is 805 g/mol. The molecule has 4 aliphatic heterocycles. The van der Waals surface area contributed by atoms with Crippen LogP contribution in [0.4, 0.5) is 0 Å². The standard InChI is InChI=1S/C27H48O27/c28-1-5-9(32)13(36)17(40)22(45,51-5)21(44)23(46,24(47)18(41)14(37)10(33)6(2-29)52-24)27(50,25(48)19(42)15(38)11(34)7(3-30)53-25)26(49)20(43)16(39)12(35)8(4-31)54-26/h5-21,28-50H,1-4H2. The Labute approximate surface area is 301 Å². The first-order valence-corrected chi connectivity index (χ1v) is 16.1. The first-order chi connectivity index (χ1) is 24.7. The van der Waals surface area contributed by atoms with Crippen molar-refractivity contribution < 1.29 is 136 Å². The molecule has 22 atom stereocenters. The third-order valence-corrected chi connectivity index (χ3v) is 10.8. The third-order valence-electron chi connectivity index (χ3n) is 10.8. The quantitative estimate of drug-likeness (QED) is 0.0974. The van der Waals surface area contributed by atoms with Crippen molar-refractivity contribution in [3.05, 3.63) is 0 Å². The van der Waals surface area contributed by atoms with Gasteiger partial charge in [-0.3, -0.25) is 0 Å². The number of hydrogen-bond acceptors (Lipinski definition) is 27. The van der Waals surface area contributed by atoms with Crippen molar-refractivity contribution in [3.63, 3.8) is 0 Å². The highest BCUT2D eigenvalue weighted by atomic mass is 16.7. The zero-order valence-electron chi connectivity index (χ0n) is 27.6. The molecule has 0 saturated carbocycles. The van der Waals surface area contributed by atoms with E-state index in [4.69, 9.17) is 18.9 Å². The van der Waals surface area contributed by atoms with Gasteiger partial charge in [-0.05, 0) is 0 Å². The Hall–Kier alpha value is -1.08. The zero-order valence-corrected chi connectivity index (χ0v) is 27.6. The van der Waals surface area contributed by atoms with Gasteiger partial charge in [0.05, 0.1) is 26.4 Å². The van der Waals surface area contributed by atoms with Crippen LogP contribution < -0.4 is 0 Å². The van der Waals surface area contributed by atoms with Crippen LogP contribution in [0, 0.1) is 0 Å². The van der Waals surface area contributed by atoms with Crippen molar-refractivity contribution in [3.8, 4) is 0 Å². The fourth-order valence-corrected chi connectivity index (χ4v) is 7.53. The highest BCUT2D eigenvalue weighted by Gasteiger charge is 2.90. The van der Waals surface area contributed by atoms with E-state index in [1.165, 1.54) is 0 Å². The summed E-state index contributed by atoms with van der Waals surface area (Å²) in [5.41, 5.74) is -11.0. The van der Waals surface area contributed by atoms with Gasteiger partial charge in [0.2, 0.25) is 28.7 Å². The second-order valence-corrected chi connectivity index (χ2v) is 13.8. The molecule has 27 heteroatoms. The molecule has 4 aliphatic rings. The largest absolute Gasteiger partial charge is 0.394 e. The fourth-order valence-electron chi connectivity index (χ4n) is 7.53. The lowest BCUT2D eigenvalue weighted by Gasteiger charge is -2.68. The lowest BCUT2D eigenvalue weighted by molar-refractivity contribution is -0.549. The number of hydrogen-bond donors (Lipinski definition) is 23. The summed E-state index contributed by atoms with van der Waals surface area (Å²) in [6.45, 7) is -6.27. The Morgan fingerprint density at radius 2 is 0.667 bits per heavy atom. The van der Waals surface area contributed by atoms with E-state index in [1.807, 2.05) is 0 Å². The van der Waals surface area contributed by atoms with Gasteiger partial charge in [0.1, 0.15) is 104 Å². The Bertz CT molecular complexity index is 1250. The zero-order chi connectivity index (χ0) is 41.5. The molecule has 0 amide bonds. The van der Waals surface area contributed by atoms with Crippen molar-refractivity contribution in [2.75, 3.05) is 26.4 Å². The highest BCUT2D eigenvalue weighted by molar-refractivity contribution is 5.31. The van der Waals surface area contributed by atoms with Crippen LogP contribution in [0.15, 0.2) is 0 Å². The molecule has 0 aromatic carbocycles. The van der Waals surface area contributed by atoms with E-state index < -0.39 is 165 Å². The predicted molar refractivity (Wildman–Crippen MR) is 156 cm³/mol. The van der Waals surface area contributed by atoms with Crippen LogP contribution in [0.3, 0.4) is 0 Å². The second kappa shape index (κ2) is 15.3. The topological polar surface area (TPSA) is 502 Å². The number of aliphatic hydroxyl groups excluding tert-OH is 17. The van der Waals surface area contributed by atoms with Gasteiger partial charge in [0.15, 0.2) is 5.60 Å². The van der Waals surface area contributed by atoms with Gasteiger partial charge in [-0.1, -0.05) is 0 Å². The minimum Gasteiger partial charge on any atom is -0.394 e. The Balaban J connectivity index is 2.25. The molecular formula is C27H48O27. The first-order valence-electron chi connectivity index (χ1n) is 16.1. The van der Waals surface area contributed by atoms with E-state index in [9.17, 15) is 117 Å². The third kappa shape index (κ3) is 5.88. The number of rotatable bonds is 10. The van der Waals surface area contributed by atoms with Gasteiger partial charge in [-0.15, -0.1) is 0 Å². The summed E-state index contributed by atoms with van der Waals surface area (Å²) in [7, 11) is 0. The smallest absolute Gasteiger partial charge is 0.233 e. The van der Waals surface area contributed by atoms with Crippen LogP contribution in [0.25, 0.3) is 0 Å². The molecule has 4 rings (SSSR count). The van der Waals surface area contributed by atoms with Crippen LogP contribution in [0.5, 0.6) is 0 Å². The van der Waals surface area contributed by atoms with Crippen LogP contribution in [0.2, 0.25) is 0 Å². The lowest BCUT2D eigenvalue weighted by atomic mass is 9.56. The minimum atomic E-state index is -5.54. The molecule has 0 bridgehead atoms. The van der Waals surface area contributed by atoms with Crippen LogP contribution >= 0.6 is 0 Å². The summed E-state index contributed by atoms with van der Waals surface area (Å²) >= 11 is 0. The van der Waals surface area contributed by atoms with Gasteiger partial charge in [-0.2, -0.15) is 0 Å². The summed E-state index contributed by atoms with van der Waals surface area (Å²) in [6, 6.07) is 0. The van der Waals surface area contributed by atoms with E-state index in [-0.39, 0.29) is 0 Å². The number of aliphatic hydroxyl groups is 23.